The number of ether oxygens (including phenoxy) is 4. The maximum absolute atomic E-state index is 12.2. The number of rotatable bonds is 7. The van der Waals surface area contributed by atoms with E-state index in [2.05, 4.69) is 4.74 Å². The number of halogens is 2. The SMILES string of the molecule is COc1cc(C=Cc2ccc(OC(F)F)c(O)c2)cc(OC)c1OC. The van der Waals surface area contributed by atoms with Crippen molar-refractivity contribution in [1.82, 2.24) is 0 Å². The Morgan fingerprint density at radius 2 is 1.44 bits per heavy atom. The molecule has 2 rings (SSSR count). The van der Waals surface area contributed by atoms with Gasteiger partial charge in [0.2, 0.25) is 5.75 Å². The maximum atomic E-state index is 12.2. The summed E-state index contributed by atoms with van der Waals surface area (Å²) in [5.41, 5.74) is 1.37. The molecule has 0 aliphatic rings. The highest BCUT2D eigenvalue weighted by Gasteiger charge is 2.12. The third-order valence-corrected chi connectivity index (χ3v) is 3.35. The lowest BCUT2D eigenvalue weighted by molar-refractivity contribution is -0.0512. The zero-order valence-electron chi connectivity index (χ0n) is 14.0. The van der Waals surface area contributed by atoms with Crippen LogP contribution in [0.25, 0.3) is 12.2 Å². The van der Waals surface area contributed by atoms with Crippen molar-refractivity contribution in [3.63, 3.8) is 0 Å². The minimum absolute atomic E-state index is 0.278. The number of alkyl halides is 2. The first-order chi connectivity index (χ1) is 12.0. The van der Waals surface area contributed by atoms with Crippen LogP contribution in [0, 0.1) is 0 Å². The van der Waals surface area contributed by atoms with Gasteiger partial charge in [0.25, 0.3) is 0 Å². The fourth-order valence-electron chi connectivity index (χ4n) is 2.22. The molecule has 2 aromatic carbocycles. The maximum Gasteiger partial charge on any atom is 0.387 e. The van der Waals surface area contributed by atoms with Gasteiger partial charge in [-0.25, -0.2) is 0 Å². The molecule has 0 spiro atoms. The molecule has 0 aromatic heterocycles. The molecule has 0 atom stereocenters. The van der Waals surface area contributed by atoms with Gasteiger partial charge in [0.1, 0.15) is 0 Å². The molecule has 0 aliphatic heterocycles. The number of phenols is 1. The fraction of sp³-hybridized carbons (Fsp3) is 0.222. The van der Waals surface area contributed by atoms with Crippen LogP contribution in [0.4, 0.5) is 8.78 Å². The summed E-state index contributed by atoms with van der Waals surface area (Å²) in [5, 5.41) is 9.72. The quantitative estimate of drug-likeness (QED) is 0.757. The highest BCUT2D eigenvalue weighted by Crippen LogP contribution is 2.38. The summed E-state index contributed by atoms with van der Waals surface area (Å²) in [6, 6.07) is 7.66. The van der Waals surface area contributed by atoms with Crippen LogP contribution >= 0.6 is 0 Å². The smallest absolute Gasteiger partial charge is 0.387 e. The van der Waals surface area contributed by atoms with Crippen LogP contribution in [0.5, 0.6) is 28.7 Å². The van der Waals surface area contributed by atoms with Crippen molar-refractivity contribution >= 4 is 12.2 Å². The van der Waals surface area contributed by atoms with E-state index in [-0.39, 0.29) is 11.5 Å². The lowest BCUT2D eigenvalue weighted by Gasteiger charge is -2.12. The van der Waals surface area contributed by atoms with Gasteiger partial charge in [0, 0.05) is 0 Å². The summed E-state index contributed by atoms with van der Waals surface area (Å²) < 4.78 is 44.4. The number of methoxy groups -OCH3 is 3. The zero-order valence-corrected chi connectivity index (χ0v) is 14.0. The highest BCUT2D eigenvalue weighted by atomic mass is 19.3. The summed E-state index contributed by atoms with van der Waals surface area (Å²) in [5.74, 6) is 0.843. The second-order valence-corrected chi connectivity index (χ2v) is 4.90. The first-order valence-electron chi connectivity index (χ1n) is 7.24. The lowest BCUT2D eigenvalue weighted by Crippen LogP contribution is -2.01. The van der Waals surface area contributed by atoms with Crippen molar-refractivity contribution in [2.24, 2.45) is 0 Å². The van der Waals surface area contributed by atoms with E-state index in [1.807, 2.05) is 0 Å². The monoisotopic (exact) mass is 352 g/mol. The second-order valence-electron chi connectivity index (χ2n) is 4.90. The van der Waals surface area contributed by atoms with Gasteiger partial charge in [0.05, 0.1) is 21.3 Å². The van der Waals surface area contributed by atoms with Gasteiger partial charge < -0.3 is 24.1 Å². The summed E-state index contributed by atoms with van der Waals surface area (Å²) in [4.78, 5) is 0. The van der Waals surface area contributed by atoms with Gasteiger partial charge in [-0.2, -0.15) is 8.78 Å². The third kappa shape index (κ3) is 4.53. The number of hydrogen-bond acceptors (Lipinski definition) is 5. The molecule has 0 radical (unpaired) electrons. The zero-order chi connectivity index (χ0) is 18.4. The Kier molecular flexibility index (Phi) is 6.05. The molecule has 25 heavy (non-hydrogen) atoms. The van der Waals surface area contributed by atoms with Crippen molar-refractivity contribution in [2.75, 3.05) is 21.3 Å². The predicted molar refractivity (Wildman–Crippen MR) is 89.8 cm³/mol. The number of phenolic OH excluding ortho intramolecular Hbond substituents is 1. The van der Waals surface area contributed by atoms with Gasteiger partial charge in [-0.3, -0.25) is 0 Å². The average molecular weight is 352 g/mol. The number of hydrogen-bond donors (Lipinski definition) is 1. The molecule has 0 fully saturated rings. The third-order valence-electron chi connectivity index (χ3n) is 3.35. The molecular weight excluding hydrogens is 334 g/mol. The van der Waals surface area contributed by atoms with Crippen LogP contribution in [0.2, 0.25) is 0 Å². The molecule has 0 aliphatic carbocycles. The van der Waals surface area contributed by atoms with Crippen molar-refractivity contribution in [1.29, 1.82) is 0 Å². The minimum atomic E-state index is -2.99. The Bertz CT molecular complexity index is 734. The van der Waals surface area contributed by atoms with Gasteiger partial charge in [-0.1, -0.05) is 18.2 Å². The van der Waals surface area contributed by atoms with E-state index in [1.165, 1.54) is 33.5 Å². The Morgan fingerprint density at radius 3 is 1.92 bits per heavy atom. The van der Waals surface area contributed by atoms with Gasteiger partial charge in [-0.15, -0.1) is 0 Å². The van der Waals surface area contributed by atoms with Crippen molar-refractivity contribution in [2.45, 2.75) is 6.61 Å². The molecule has 0 amide bonds. The Labute approximate surface area is 144 Å². The average Bonchev–Trinajstić information content (AvgIpc) is 2.60. The fourth-order valence-corrected chi connectivity index (χ4v) is 2.22. The van der Waals surface area contributed by atoms with Gasteiger partial charge >= 0.3 is 6.61 Å². The predicted octanol–water partition coefficient (Wildman–Crippen LogP) is 4.19. The topological polar surface area (TPSA) is 57.2 Å². The molecule has 0 saturated heterocycles. The van der Waals surface area contributed by atoms with E-state index in [4.69, 9.17) is 14.2 Å². The molecule has 2 aromatic rings. The van der Waals surface area contributed by atoms with E-state index >= 15 is 0 Å². The molecule has 5 nitrogen and oxygen atoms in total. The van der Waals surface area contributed by atoms with E-state index < -0.39 is 6.61 Å². The largest absolute Gasteiger partial charge is 0.504 e. The molecular formula is C18H18F2O5. The van der Waals surface area contributed by atoms with E-state index in [1.54, 1.807) is 30.4 Å². The standard InChI is InChI=1S/C18H18F2O5/c1-22-15-9-12(10-16(23-2)17(15)24-3)5-4-11-6-7-14(13(21)8-11)25-18(19)20/h4-10,18,21H,1-3H3. The Hall–Kier alpha value is -2.96. The number of benzene rings is 2. The van der Waals surface area contributed by atoms with Crippen LogP contribution in [0.15, 0.2) is 30.3 Å². The Balaban J connectivity index is 2.28. The van der Waals surface area contributed by atoms with E-state index in [0.29, 0.717) is 22.8 Å². The van der Waals surface area contributed by atoms with Crippen LogP contribution in [-0.4, -0.2) is 33.0 Å². The van der Waals surface area contributed by atoms with Crippen molar-refractivity contribution in [3.8, 4) is 28.7 Å². The summed E-state index contributed by atoms with van der Waals surface area (Å²) in [7, 11) is 4.55. The molecule has 1 N–H and O–H groups in total. The van der Waals surface area contributed by atoms with Crippen LogP contribution in [0.1, 0.15) is 11.1 Å². The molecule has 0 bridgehead atoms. The molecule has 0 saturated carbocycles. The van der Waals surface area contributed by atoms with Crippen LogP contribution < -0.4 is 18.9 Å². The van der Waals surface area contributed by atoms with Crippen molar-refractivity contribution < 1.29 is 32.8 Å². The van der Waals surface area contributed by atoms with E-state index in [9.17, 15) is 13.9 Å². The van der Waals surface area contributed by atoms with Gasteiger partial charge in [-0.05, 0) is 35.4 Å². The van der Waals surface area contributed by atoms with Crippen molar-refractivity contribution in [3.05, 3.63) is 41.5 Å². The normalized spacial score (nSPS) is 11.0. The lowest BCUT2D eigenvalue weighted by atomic mass is 10.1. The Morgan fingerprint density at radius 1 is 0.840 bits per heavy atom. The summed E-state index contributed by atoms with van der Waals surface area (Å²) in [6.07, 6.45) is 3.46. The van der Waals surface area contributed by atoms with Gasteiger partial charge in [0.15, 0.2) is 23.0 Å². The van der Waals surface area contributed by atoms with Crippen LogP contribution in [-0.2, 0) is 0 Å². The van der Waals surface area contributed by atoms with Crippen LogP contribution in [0.3, 0.4) is 0 Å². The molecule has 0 unspecified atom stereocenters. The first-order valence-corrected chi connectivity index (χ1v) is 7.24. The molecule has 7 heteroatoms. The summed E-state index contributed by atoms with van der Waals surface area (Å²) >= 11 is 0. The second kappa shape index (κ2) is 8.23. The minimum Gasteiger partial charge on any atom is -0.504 e. The summed E-state index contributed by atoms with van der Waals surface area (Å²) in [6.45, 7) is -2.99. The molecule has 134 valence electrons. The molecule has 0 heterocycles. The first kappa shape index (κ1) is 18.4. The highest BCUT2D eigenvalue weighted by molar-refractivity contribution is 5.73. The van der Waals surface area contributed by atoms with E-state index in [0.717, 1.165) is 5.56 Å². The number of aromatic hydroxyl groups is 1.